The number of aliphatic hydroxyl groups excluding tert-OH is 2. The second-order valence-electron chi connectivity index (χ2n) is 4.52. The van der Waals surface area contributed by atoms with Crippen LogP contribution in [0.1, 0.15) is 5.56 Å². The van der Waals surface area contributed by atoms with E-state index in [4.69, 9.17) is 34.8 Å². The maximum absolute atomic E-state index is 12.4. The molecule has 1 amide bonds. The van der Waals surface area contributed by atoms with Gasteiger partial charge in [0.1, 0.15) is 17.2 Å². The summed E-state index contributed by atoms with van der Waals surface area (Å²) in [6, 6.07) is 5.88. The predicted octanol–water partition coefficient (Wildman–Crippen LogP) is 3.53. The highest BCUT2D eigenvalue weighted by Crippen LogP contribution is 2.38. The summed E-state index contributed by atoms with van der Waals surface area (Å²) in [5.41, 5.74) is 0.368. The standard InChI is InChI=1S/C13H12Cl3NO3S/c1-7-2-4-8(5-3-7)17(12(20)13(14,15)16)10-9(18)6-21-11(10)19/h2-6,10-11,18-19H,1H3. The summed E-state index contributed by atoms with van der Waals surface area (Å²) in [7, 11) is 0. The van der Waals surface area contributed by atoms with Gasteiger partial charge in [0, 0.05) is 11.1 Å². The maximum Gasteiger partial charge on any atom is 0.279 e. The lowest BCUT2D eigenvalue weighted by Crippen LogP contribution is -2.50. The Kier molecular flexibility index (Phi) is 5.00. The van der Waals surface area contributed by atoms with Crippen LogP contribution in [0.2, 0.25) is 0 Å². The molecule has 8 heteroatoms. The third-order valence-electron chi connectivity index (χ3n) is 2.95. The molecule has 1 aromatic rings. The van der Waals surface area contributed by atoms with Gasteiger partial charge in [0.25, 0.3) is 9.70 Å². The average molecular weight is 369 g/mol. The van der Waals surface area contributed by atoms with Crippen molar-refractivity contribution in [2.24, 2.45) is 0 Å². The van der Waals surface area contributed by atoms with Gasteiger partial charge in [0.15, 0.2) is 0 Å². The molecule has 1 heterocycles. The van der Waals surface area contributed by atoms with Crippen LogP contribution < -0.4 is 4.90 Å². The highest BCUT2D eigenvalue weighted by atomic mass is 35.6. The van der Waals surface area contributed by atoms with E-state index in [2.05, 4.69) is 0 Å². The molecule has 1 aliphatic rings. The number of benzene rings is 1. The van der Waals surface area contributed by atoms with Crippen LogP contribution in [0.25, 0.3) is 0 Å². The van der Waals surface area contributed by atoms with E-state index in [0.717, 1.165) is 22.2 Å². The van der Waals surface area contributed by atoms with Crippen LogP contribution in [0.15, 0.2) is 35.4 Å². The zero-order chi connectivity index (χ0) is 15.8. The van der Waals surface area contributed by atoms with Crippen molar-refractivity contribution in [1.29, 1.82) is 0 Å². The number of halogens is 3. The fourth-order valence-corrected chi connectivity index (χ4v) is 3.04. The monoisotopic (exact) mass is 367 g/mol. The van der Waals surface area contributed by atoms with Crippen LogP contribution in [-0.2, 0) is 4.79 Å². The minimum absolute atomic E-state index is 0.157. The van der Waals surface area contributed by atoms with E-state index in [0.29, 0.717) is 5.69 Å². The summed E-state index contributed by atoms with van der Waals surface area (Å²) in [6.07, 6.45) is 0. The number of hydrogen-bond acceptors (Lipinski definition) is 4. The van der Waals surface area contributed by atoms with Crippen molar-refractivity contribution in [1.82, 2.24) is 0 Å². The smallest absolute Gasteiger partial charge is 0.279 e. The maximum atomic E-state index is 12.4. The molecule has 2 N–H and O–H groups in total. The zero-order valence-electron chi connectivity index (χ0n) is 10.8. The van der Waals surface area contributed by atoms with Crippen LogP contribution in [0.5, 0.6) is 0 Å². The Bertz CT molecular complexity index is 571. The topological polar surface area (TPSA) is 60.8 Å². The lowest BCUT2D eigenvalue weighted by molar-refractivity contribution is -0.118. The molecule has 114 valence electrons. The Hall–Kier alpha value is -0.590. The molecule has 0 spiro atoms. The number of thioether (sulfide) groups is 1. The minimum atomic E-state index is -2.20. The number of hydrogen-bond donors (Lipinski definition) is 2. The van der Waals surface area contributed by atoms with Crippen molar-refractivity contribution in [3.05, 3.63) is 41.0 Å². The van der Waals surface area contributed by atoms with Crippen LogP contribution in [-0.4, -0.2) is 31.4 Å². The zero-order valence-corrected chi connectivity index (χ0v) is 13.9. The highest BCUT2D eigenvalue weighted by molar-refractivity contribution is 8.02. The first-order valence-corrected chi connectivity index (χ1v) is 7.99. The van der Waals surface area contributed by atoms with Gasteiger partial charge < -0.3 is 10.2 Å². The van der Waals surface area contributed by atoms with E-state index in [1.807, 2.05) is 6.92 Å². The minimum Gasteiger partial charge on any atom is -0.509 e. The van der Waals surface area contributed by atoms with Crippen LogP contribution in [0.3, 0.4) is 0 Å². The third-order valence-corrected chi connectivity index (χ3v) is 4.35. The van der Waals surface area contributed by atoms with Crippen molar-refractivity contribution in [2.75, 3.05) is 4.90 Å². The predicted molar refractivity (Wildman–Crippen MR) is 87.1 cm³/mol. The number of amides is 1. The molecule has 2 atom stereocenters. The summed E-state index contributed by atoms with van der Waals surface area (Å²) >= 11 is 18.0. The van der Waals surface area contributed by atoms with Crippen LogP contribution >= 0.6 is 46.6 Å². The van der Waals surface area contributed by atoms with Gasteiger partial charge in [-0.25, -0.2) is 0 Å². The van der Waals surface area contributed by atoms with E-state index in [-0.39, 0.29) is 5.76 Å². The van der Waals surface area contributed by atoms with Crippen molar-refractivity contribution >= 4 is 58.2 Å². The van der Waals surface area contributed by atoms with E-state index >= 15 is 0 Å². The molecule has 0 aliphatic carbocycles. The summed E-state index contributed by atoms with van der Waals surface area (Å²) in [5, 5.41) is 21.3. The Balaban J connectivity index is 2.47. The number of carbonyl (C=O) groups is 1. The SMILES string of the molecule is Cc1ccc(N(C(=O)C(Cl)(Cl)Cl)C2C(O)=CSC2O)cc1. The van der Waals surface area contributed by atoms with Crippen molar-refractivity contribution in [3.63, 3.8) is 0 Å². The lowest BCUT2D eigenvalue weighted by Gasteiger charge is -2.33. The summed E-state index contributed by atoms with van der Waals surface area (Å²) < 4.78 is -2.20. The van der Waals surface area contributed by atoms with Gasteiger partial charge in [-0.15, -0.1) is 0 Å². The van der Waals surface area contributed by atoms with Gasteiger partial charge in [0.2, 0.25) is 0 Å². The van der Waals surface area contributed by atoms with E-state index in [1.165, 1.54) is 5.41 Å². The fourth-order valence-electron chi connectivity index (χ4n) is 1.94. The van der Waals surface area contributed by atoms with E-state index in [1.54, 1.807) is 24.3 Å². The normalized spacial score (nSPS) is 22.0. The van der Waals surface area contributed by atoms with E-state index in [9.17, 15) is 15.0 Å². The number of aryl methyl sites for hydroxylation is 1. The van der Waals surface area contributed by atoms with Crippen LogP contribution in [0, 0.1) is 6.92 Å². The molecule has 0 saturated carbocycles. The Labute approximate surface area is 141 Å². The number of carbonyl (C=O) groups excluding carboxylic acids is 1. The molecule has 0 radical (unpaired) electrons. The number of alkyl halides is 3. The van der Waals surface area contributed by atoms with Gasteiger partial charge in [0.05, 0.1) is 0 Å². The molecule has 4 nitrogen and oxygen atoms in total. The highest BCUT2D eigenvalue weighted by Gasteiger charge is 2.44. The molecule has 0 aromatic heterocycles. The molecule has 0 fully saturated rings. The molecule has 2 unspecified atom stereocenters. The van der Waals surface area contributed by atoms with Gasteiger partial charge in [-0.05, 0) is 19.1 Å². The van der Waals surface area contributed by atoms with Gasteiger partial charge in [-0.3, -0.25) is 9.69 Å². The molecule has 0 bridgehead atoms. The molecule has 21 heavy (non-hydrogen) atoms. The van der Waals surface area contributed by atoms with Crippen molar-refractivity contribution in [2.45, 2.75) is 22.2 Å². The molecular formula is C13H12Cl3NO3S. The van der Waals surface area contributed by atoms with Crippen LogP contribution in [0.4, 0.5) is 5.69 Å². The largest absolute Gasteiger partial charge is 0.509 e. The second kappa shape index (κ2) is 6.26. The third kappa shape index (κ3) is 3.60. The fraction of sp³-hybridized carbons (Fsp3) is 0.308. The van der Waals surface area contributed by atoms with Crippen molar-refractivity contribution < 1.29 is 15.0 Å². The number of anilines is 1. The lowest BCUT2D eigenvalue weighted by atomic mass is 10.1. The van der Waals surface area contributed by atoms with Crippen molar-refractivity contribution in [3.8, 4) is 0 Å². The quantitative estimate of drug-likeness (QED) is 0.784. The molecule has 0 saturated heterocycles. The Morgan fingerprint density at radius 1 is 1.29 bits per heavy atom. The molecule has 1 aliphatic heterocycles. The Morgan fingerprint density at radius 3 is 2.29 bits per heavy atom. The Morgan fingerprint density at radius 2 is 1.86 bits per heavy atom. The average Bonchev–Trinajstić information content (AvgIpc) is 2.72. The summed E-state index contributed by atoms with van der Waals surface area (Å²) in [6.45, 7) is 1.89. The van der Waals surface area contributed by atoms with E-state index < -0.39 is 21.2 Å². The summed E-state index contributed by atoms with van der Waals surface area (Å²) in [5.74, 6) is -1.00. The van der Waals surface area contributed by atoms with Gasteiger partial charge >= 0.3 is 0 Å². The molecular weight excluding hydrogens is 357 g/mol. The first-order chi connectivity index (χ1) is 9.71. The number of aliphatic hydroxyl groups is 2. The summed E-state index contributed by atoms with van der Waals surface area (Å²) in [4.78, 5) is 13.5. The molecule has 2 rings (SSSR count). The van der Waals surface area contributed by atoms with Gasteiger partial charge in [-0.2, -0.15) is 0 Å². The number of rotatable bonds is 2. The first-order valence-electron chi connectivity index (χ1n) is 5.91. The van der Waals surface area contributed by atoms with Gasteiger partial charge in [-0.1, -0.05) is 64.3 Å². The second-order valence-corrected chi connectivity index (χ2v) is 7.79. The molecule has 1 aromatic carbocycles. The number of nitrogens with zero attached hydrogens (tertiary/aromatic N) is 1. The first kappa shape index (κ1) is 16.8.